The highest BCUT2D eigenvalue weighted by atomic mass is 127. The summed E-state index contributed by atoms with van der Waals surface area (Å²) >= 11 is 3.59. The zero-order valence-electron chi connectivity index (χ0n) is 17.4. The van der Waals surface area contributed by atoms with E-state index in [0.717, 1.165) is 20.3 Å². The minimum absolute atomic E-state index is 0.164. The summed E-state index contributed by atoms with van der Waals surface area (Å²) in [5.74, 6) is -0.443. The number of allylic oxidation sites excluding steroid dienone is 1. The number of halogens is 1. The van der Waals surface area contributed by atoms with Crippen molar-refractivity contribution in [1.29, 1.82) is 0 Å². The van der Waals surface area contributed by atoms with E-state index in [4.69, 9.17) is 4.74 Å². The Labute approximate surface area is 197 Å². The van der Waals surface area contributed by atoms with Crippen LogP contribution in [0.3, 0.4) is 0 Å². The molecule has 2 aromatic carbocycles. The number of ether oxygens (including phenoxy) is 1. The Morgan fingerprint density at radius 1 is 1.23 bits per heavy atom. The first-order chi connectivity index (χ1) is 14.9. The lowest BCUT2D eigenvalue weighted by Gasteiger charge is -2.24. The SMILES string of the molecule is CCOC(=O)C1=C(C)N=c2s/c(=C/c3cccc(I)c3)c(=O)n2[C@@H]1c1ccc(C)cc1. The predicted octanol–water partition coefficient (Wildman–Crippen LogP) is 3.71. The van der Waals surface area contributed by atoms with Crippen LogP contribution in [-0.4, -0.2) is 17.1 Å². The fraction of sp³-hybridized carbons (Fsp3) is 0.208. The first kappa shape index (κ1) is 21.7. The van der Waals surface area contributed by atoms with Crippen LogP contribution in [0.5, 0.6) is 0 Å². The van der Waals surface area contributed by atoms with Gasteiger partial charge in [0.25, 0.3) is 5.56 Å². The molecule has 0 saturated heterocycles. The molecule has 158 valence electrons. The van der Waals surface area contributed by atoms with Crippen molar-refractivity contribution in [1.82, 2.24) is 4.57 Å². The number of rotatable bonds is 4. The van der Waals surface area contributed by atoms with E-state index in [1.807, 2.05) is 61.5 Å². The molecule has 0 fully saturated rings. The lowest BCUT2D eigenvalue weighted by molar-refractivity contribution is -0.139. The van der Waals surface area contributed by atoms with Crippen LogP contribution >= 0.6 is 33.9 Å². The highest BCUT2D eigenvalue weighted by Crippen LogP contribution is 2.30. The molecule has 0 unspecified atom stereocenters. The Hall–Kier alpha value is -2.52. The Morgan fingerprint density at radius 2 is 1.97 bits per heavy atom. The van der Waals surface area contributed by atoms with Gasteiger partial charge in [-0.25, -0.2) is 9.79 Å². The highest BCUT2D eigenvalue weighted by Gasteiger charge is 2.33. The monoisotopic (exact) mass is 544 g/mol. The van der Waals surface area contributed by atoms with Gasteiger partial charge < -0.3 is 4.74 Å². The standard InChI is InChI=1S/C24H21IN2O3S/c1-4-30-23(29)20-15(3)26-24-27(21(20)17-10-8-14(2)9-11-17)22(28)19(31-24)13-16-6-5-7-18(25)12-16/h5-13,21H,4H2,1-3H3/b19-13+/t21-/m1/s1. The second-order valence-corrected chi connectivity index (χ2v) is 9.52. The van der Waals surface area contributed by atoms with Gasteiger partial charge in [-0.15, -0.1) is 0 Å². The average Bonchev–Trinajstić information content (AvgIpc) is 3.02. The van der Waals surface area contributed by atoms with Crippen molar-refractivity contribution >= 4 is 46.0 Å². The van der Waals surface area contributed by atoms with Crippen molar-refractivity contribution in [3.8, 4) is 0 Å². The molecular weight excluding hydrogens is 523 g/mol. The Bertz CT molecular complexity index is 1370. The number of nitrogens with zero attached hydrogens (tertiary/aromatic N) is 2. The fourth-order valence-corrected chi connectivity index (χ4v) is 5.22. The van der Waals surface area contributed by atoms with Crippen LogP contribution in [0.15, 0.2) is 69.6 Å². The van der Waals surface area contributed by atoms with Crippen molar-refractivity contribution in [3.05, 3.63) is 99.7 Å². The minimum Gasteiger partial charge on any atom is -0.463 e. The van der Waals surface area contributed by atoms with Crippen molar-refractivity contribution in [2.45, 2.75) is 26.8 Å². The van der Waals surface area contributed by atoms with Crippen molar-refractivity contribution in [2.24, 2.45) is 4.99 Å². The van der Waals surface area contributed by atoms with E-state index >= 15 is 0 Å². The van der Waals surface area contributed by atoms with Gasteiger partial charge in [-0.05, 0) is 72.7 Å². The van der Waals surface area contributed by atoms with Crippen LogP contribution in [0.4, 0.5) is 0 Å². The van der Waals surface area contributed by atoms with E-state index in [1.165, 1.54) is 11.3 Å². The van der Waals surface area contributed by atoms with Crippen molar-refractivity contribution in [2.75, 3.05) is 6.61 Å². The second kappa shape index (κ2) is 8.92. The minimum atomic E-state index is -0.575. The smallest absolute Gasteiger partial charge is 0.338 e. The van der Waals surface area contributed by atoms with E-state index < -0.39 is 12.0 Å². The molecule has 0 spiro atoms. The maximum Gasteiger partial charge on any atom is 0.338 e. The van der Waals surface area contributed by atoms with Crippen LogP contribution < -0.4 is 14.9 Å². The van der Waals surface area contributed by atoms with E-state index in [2.05, 4.69) is 27.6 Å². The zero-order valence-corrected chi connectivity index (χ0v) is 20.4. The lowest BCUT2D eigenvalue weighted by atomic mass is 9.95. The molecule has 5 nitrogen and oxygen atoms in total. The van der Waals surface area contributed by atoms with Gasteiger partial charge in [0.05, 0.1) is 28.5 Å². The van der Waals surface area contributed by atoms with E-state index in [0.29, 0.717) is 20.6 Å². The molecule has 0 amide bonds. The molecule has 3 aromatic rings. The molecule has 0 saturated carbocycles. The van der Waals surface area contributed by atoms with Crippen LogP contribution in [0.2, 0.25) is 0 Å². The molecule has 1 aliphatic rings. The number of aromatic nitrogens is 1. The molecule has 2 heterocycles. The van der Waals surface area contributed by atoms with Gasteiger partial charge in [0.15, 0.2) is 4.80 Å². The van der Waals surface area contributed by atoms with Crippen LogP contribution in [0.1, 0.15) is 36.6 Å². The van der Waals surface area contributed by atoms with Gasteiger partial charge >= 0.3 is 5.97 Å². The summed E-state index contributed by atoms with van der Waals surface area (Å²) < 4.78 is 8.61. The molecular formula is C24H21IN2O3S. The average molecular weight is 544 g/mol. The summed E-state index contributed by atoms with van der Waals surface area (Å²) in [6.07, 6.45) is 1.88. The van der Waals surface area contributed by atoms with Gasteiger partial charge in [-0.3, -0.25) is 9.36 Å². The van der Waals surface area contributed by atoms with Gasteiger partial charge in [-0.2, -0.15) is 0 Å². The third-order valence-electron chi connectivity index (χ3n) is 5.06. The number of benzene rings is 2. The zero-order chi connectivity index (χ0) is 22.1. The molecule has 0 bridgehead atoms. The Balaban J connectivity index is 1.96. The number of hydrogen-bond acceptors (Lipinski definition) is 5. The van der Waals surface area contributed by atoms with Crippen LogP contribution in [-0.2, 0) is 9.53 Å². The fourth-order valence-electron chi connectivity index (χ4n) is 3.60. The normalized spacial score (nSPS) is 16.1. The molecule has 4 rings (SSSR count). The Kier molecular flexibility index (Phi) is 6.24. The van der Waals surface area contributed by atoms with E-state index in [9.17, 15) is 9.59 Å². The second-order valence-electron chi connectivity index (χ2n) is 7.27. The number of hydrogen-bond donors (Lipinski definition) is 0. The maximum absolute atomic E-state index is 13.5. The number of aryl methyl sites for hydroxylation is 1. The summed E-state index contributed by atoms with van der Waals surface area (Å²) in [6.45, 7) is 5.83. The van der Waals surface area contributed by atoms with Gasteiger partial charge in [0.2, 0.25) is 0 Å². The quantitative estimate of drug-likeness (QED) is 0.372. The van der Waals surface area contributed by atoms with E-state index in [-0.39, 0.29) is 12.2 Å². The van der Waals surface area contributed by atoms with Crippen LogP contribution in [0.25, 0.3) is 6.08 Å². The van der Waals surface area contributed by atoms with Crippen molar-refractivity contribution < 1.29 is 9.53 Å². The highest BCUT2D eigenvalue weighted by molar-refractivity contribution is 14.1. The van der Waals surface area contributed by atoms with Gasteiger partial charge in [0, 0.05) is 3.57 Å². The molecule has 1 atom stereocenters. The summed E-state index contributed by atoms with van der Waals surface area (Å²) in [5.41, 5.74) is 3.72. The molecule has 1 aliphatic heterocycles. The molecule has 1 aromatic heterocycles. The summed E-state index contributed by atoms with van der Waals surface area (Å²) in [4.78, 5) is 31.5. The third kappa shape index (κ3) is 4.29. The number of esters is 1. The molecule has 7 heteroatoms. The van der Waals surface area contributed by atoms with Crippen molar-refractivity contribution in [3.63, 3.8) is 0 Å². The largest absolute Gasteiger partial charge is 0.463 e. The number of carbonyl (C=O) groups is 1. The topological polar surface area (TPSA) is 60.7 Å². The summed E-state index contributed by atoms with van der Waals surface area (Å²) in [6, 6.07) is 15.2. The molecule has 0 N–H and O–H groups in total. The van der Waals surface area contributed by atoms with Gasteiger partial charge in [-0.1, -0.05) is 53.3 Å². The summed E-state index contributed by atoms with van der Waals surface area (Å²) in [5, 5.41) is 0. The third-order valence-corrected chi connectivity index (χ3v) is 6.71. The van der Waals surface area contributed by atoms with Crippen LogP contribution in [0, 0.1) is 10.5 Å². The van der Waals surface area contributed by atoms with E-state index in [1.54, 1.807) is 18.4 Å². The Morgan fingerprint density at radius 3 is 2.65 bits per heavy atom. The maximum atomic E-state index is 13.5. The first-order valence-electron chi connectivity index (χ1n) is 9.91. The first-order valence-corrected chi connectivity index (χ1v) is 11.8. The molecule has 0 radical (unpaired) electrons. The number of fused-ring (bicyclic) bond motifs is 1. The predicted molar refractivity (Wildman–Crippen MR) is 131 cm³/mol. The molecule has 31 heavy (non-hydrogen) atoms. The number of carbonyl (C=O) groups excluding carboxylic acids is 1. The van der Waals surface area contributed by atoms with Gasteiger partial charge in [0.1, 0.15) is 0 Å². The number of thiazole rings is 1. The lowest BCUT2D eigenvalue weighted by Crippen LogP contribution is -2.39. The molecule has 0 aliphatic carbocycles. The summed E-state index contributed by atoms with van der Waals surface area (Å²) in [7, 11) is 0.